The first-order valence-electron chi connectivity index (χ1n) is 10.9. The fourth-order valence-electron chi connectivity index (χ4n) is 3.26. The van der Waals surface area contributed by atoms with Crippen molar-refractivity contribution in [1.82, 2.24) is 4.98 Å². The van der Waals surface area contributed by atoms with E-state index in [1.165, 1.54) is 50.5 Å². The van der Waals surface area contributed by atoms with Gasteiger partial charge in [0.05, 0.1) is 12.3 Å². The molecular formula is C25H37NO. The summed E-state index contributed by atoms with van der Waals surface area (Å²) < 4.78 is 6.10. The summed E-state index contributed by atoms with van der Waals surface area (Å²) >= 11 is 0. The molecule has 1 aromatic carbocycles. The molecule has 0 fully saturated rings. The van der Waals surface area contributed by atoms with E-state index in [1.54, 1.807) is 0 Å². The Hall–Kier alpha value is -1.83. The number of aryl methyl sites for hydroxylation is 1. The average molecular weight is 368 g/mol. The first-order chi connectivity index (χ1) is 13.2. The molecule has 0 spiro atoms. The van der Waals surface area contributed by atoms with E-state index >= 15 is 0 Å². The van der Waals surface area contributed by atoms with Gasteiger partial charge in [-0.1, -0.05) is 71.4 Å². The minimum absolute atomic E-state index is 0.705. The highest BCUT2D eigenvalue weighted by atomic mass is 16.5. The van der Waals surface area contributed by atoms with Crippen LogP contribution < -0.4 is 4.74 Å². The van der Waals surface area contributed by atoms with Crippen molar-refractivity contribution >= 4 is 0 Å². The van der Waals surface area contributed by atoms with Crippen LogP contribution in [-0.2, 0) is 6.42 Å². The zero-order chi connectivity index (χ0) is 19.3. The molecule has 1 aromatic heterocycles. The second-order valence-electron chi connectivity index (χ2n) is 7.71. The molecule has 1 heterocycles. The molecule has 0 bridgehead atoms. The highest BCUT2D eigenvalue weighted by Gasteiger charge is 2.09. The van der Waals surface area contributed by atoms with Gasteiger partial charge in [-0.3, -0.25) is 4.98 Å². The minimum Gasteiger partial charge on any atom is -0.493 e. The monoisotopic (exact) mass is 367 g/mol. The average Bonchev–Trinajstić information content (AvgIpc) is 2.71. The van der Waals surface area contributed by atoms with Crippen LogP contribution in [0.2, 0.25) is 0 Å². The number of nitrogens with zero attached hydrogens (tertiary/aromatic N) is 1. The molecule has 0 N–H and O–H groups in total. The summed E-state index contributed by atoms with van der Waals surface area (Å²) in [6.45, 7) is 7.55. The summed E-state index contributed by atoms with van der Waals surface area (Å²) in [6.07, 6.45) is 13.4. The second-order valence-corrected chi connectivity index (χ2v) is 7.71. The van der Waals surface area contributed by atoms with Gasteiger partial charge in [0.15, 0.2) is 0 Å². The maximum absolute atomic E-state index is 6.10. The number of aromatic nitrogens is 1. The minimum atomic E-state index is 0.705. The van der Waals surface area contributed by atoms with Crippen molar-refractivity contribution in [2.24, 2.45) is 5.92 Å². The van der Waals surface area contributed by atoms with E-state index in [-0.39, 0.29) is 0 Å². The van der Waals surface area contributed by atoms with Crippen molar-refractivity contribution in [2.75, 3.05) is 6.61 Å². The molecule has 1 unspecified atom stereocenters. The Morgan fingerprint density at radius 1 is 0.963 bits per heavy atom. The van der Waals surface area contributed by atoms with Crippen LogP contribution in [0.4, 0.5) is 0 Å². The van der Waals surface area contributed by atoms with Crippen molar-refractivity contribution in [3.8, 4) is 17.0 Å². The smallest absolute Gasteiger partial charge is 0.128 e. The van der Waals surface area contributed by atoms with Crippen LogP contribution in [0.3, 0.4) is 0 Å². The third kappa shape index (κ3) is 7.74. The predicted molar refractivity (Wildman–Crippen MR) is 116 cm³/mol. The van der Waals surface area contributed by atoms with E-state index in [0.29, 0.717) is 5.92 Å². The fourth-order valence-corrected chi connectivity index (χ4v) is 3.26. The van der Waals surface area contributed by atoms with E-state index in [4.69, 9.17) is 4.74 Å². The summed E-state index contributed by atoms with van der Waals surface area (Å²) in [4.78, 5) is 4.62. The van der Waals surface area contributed by atoms with Crippen LogP contribution in [0, 0.1) is 5.92 Å². The van der Waals surface area contributed by atoms with Gasteiger partial charge in [-0.2, -0.15) is 0 Å². The summed E-state index contributed by atoms with van der Waals surface area (Å²) in [5.74, 6) is 1.65. The molecule has 2 heteroatoms. The molecule has 0 saturated carbocycles. The van der Waals surface area contributed by atoms with Crippen LogP contribution in [0.5, 0.6) is 5.75 Å². The SMILES string of the molecule is CCCCCCCCc1ccnc(-c2ccccc2OCCC(C)CC)c1. The maximum atomic E-state index is 6.10. The number of unbranched alkanes of at least 4 members (excludes halogenated alkanes) is 5. The largest absolute Gasteiger partial charge is 0.493 e. The summed E-state index contributed by atoms with van der Waals surface area (Å²) in [7, 11) is 0. The molecule has 2 aromatic rings. The maximum Gasteiger partial charge on any atom is 0.128 e. The predicted octanol–water partition coefficient (Wildman–Crippen LogP) is 7.47. The number of para-hydroxylation sites is 1. The van der Waals surface area contributed by atoms with Gasteiger partial charge >= 0.3 is 0 Å². The first-order valence-corrected chi connectivity index (χ1v) is 10.9. The Morgan fingerprint density at radius 2 is 1.74 bits per heavy atom. The number of benzene rings is 1. The van der Waals surface area contributed by atoms with Crippen molar-refractivity contribution < 1.29 is 4.74 Å². The van der Waals surface area contributed by atoms with Crippen molar-refractivity contribution in [2.45, 2.75) is 78.6 Å². The summed E-state index contributed by atoms with van der Waals surface area (Å²) in [5.41, 5.74) is 3.51. The highest BCUT2D eigenvalue weighted by Crippen LogP contribution is 2.29. The molecule has 1 atom stereocenters. The van der Waals surface area contributed by atoms with E-state index in [2.05, 4.69) is 56.1 Å². The molecule has 0 aliphatic carbocycles. The molecule has 0 radical (unpaired) electrons. The number of ether oxygens (including phenoxy) is 1. The Morgan fingerprint density at radius 3 is 2.56 bits per heavy atom. The molecule has 0 saturated heterocycles. The zero-order valence-electron chi connectivity index (χ0n) is 17.5. The quantitative estimate of drug-likeness (QED) is 0.343. The van der Waals surface area contributed by atoms with Crippen molar-refractivity contribution in [3.63, 3.8) is 0 Å². The fraction of sp³-hybridized carbons (Fsp3) is 0.560. The number of rotatable bonds is 13. The van der Waals surface area contributed by atoms with Gasteiger partial charge in [0.2, 0.25) is 0 Å². The highest BCUT2D eigenvalue weighted by molar-refractivity contribution is 5.67. The lowest BCUT2D eigenvalue weighted by Gasteiger charge is -2.13. The van der Waals surface area contributed by atoms with Gasteiger partial charge in [-0.25, -0.2) is 0 Å². The summed E-state index contributed by atoms with van der Waals surface area (Å²) in [6, 6.07) is 12.7. The van der Waals surface area contributed by atoms with Gasteiger partial charge in [0.1, 0.15) is 5.75 Å². The Balaban J connectivity index is 1.95. The Kier molecular flexibility index (Phi) is 9.97. The van der Waals surface area contributed by atoms with Crippen LogP contribution in [0.1, 0.15) is 77.7 Å². The van der Waals surface area contributed by atoms with E-state index in [9.17, 15) is 0 Å². The lowest BCUT2D eigenvalue weighted by molar-refractivity contribution is 0.282. The lowest BCUT2D eigenvalue weighted by atomic mass is 10.0. The van der Waals surface area contributed by atoms with Crippen LogP contribution in [0.15, 0.2) is 42.6 Å². The second kappa shape index (κ2) is 12.5. The molecule has 0 amide bonds. The first kappa shape index (κ1) is 21.5. The topological polar surface area (TPSA) is 22.1 Å². The molecule has 2 nitrogen and oxygen atoms in total. The normalized spacial score (nSPS) is 12.1. The van der Waals surface area contributed by atoms with Gasteiger partial charge in [-0.15, -0.1) is 0 Å². The molecular weight excluding hydrogens is 330 g/mol. The molecule has 2 rings (SSSR count). The molecule has 0 aliphatic heterocycles. The van der Waals surface area contributed by atoms with Crippen molar-refractivity contribution in [1.29, 1.82) is 0 Å². The van der Waals surface area contributed by atoms with E-state index < -0.39 is 0 Å². The Labute approximate surface area is 166 Å². The lowest BCUT2D eigenvalue weighted by Crippen LogP contribution is -2.04. The van der Waals surface area contributed by atoms with Crippen LogP contribution >= 0.6 is 0 Å². The van der Waals surface area contributed by atoms with Crippen LogP contribution in [-0.4, -0.2) is 11.6 Å². The summed E-state index contributed by atoms with van der Waals surface area (Å²) in [5, 5.41) is 0. The third-order valence-electron chi connectivity index (χ3n) is 5.37. The van der Waals surface area contributed by atoms with Crippen LogP contribution in [0.25, 0.3) is 11.3 Å². The van der Waals surface area contributed by atoms with Gasteiger partial charge < -0.3 is 4.74 Å². The standard InChI is InChI=1S/C25H37NO/c1-4-6-7-8-9-10-13-22-16-18-26-24(20-22)23-14-11-12-15-25(23)27-19-17-21(3)5-2/h11-12,14-16,18,20-21H,4-10,13,17,19H2,1-3H3. The van der Waals surface area contributed by atoms with Crippen molar-refractivity contribution in [3.05, 3.63) is 48.2 Å². The Bertz CT molecular complexity index is 652. The van der Waals surface area contributed by atoms with E-state index in [0.717, 1.165) is 36.5 Å². The molecule has 148 valence electrons. The number of hydrogen-bond donors (Lipinski definition) is 0. The number of pyridine rings is 1. The third-order valence-corrected chi connectivity index (χ3v) is 5.37. The van der Waals surface area contributed by atoms with Gasteiger partial charge in [0, 0.05) is 11.8 Å². The zero-order valence-corrected chi connectivity index (χ0v) is 17.5. The number of hydrogen-bond acceptors (Lipinski definition) is 2. The van der Waals surface area contributed by atoms with Gasteiger partial charge in [-0.05, 0) is 55.0 Å². The molecule has 0 aliphatic rings. The van der Waals surface area contributed by atoms with Gasteiger partial charge in [0.25, 0.3) is 0 Å². The molecule has 27 heavy (non-hydrogen) atoms. The van der Waals surface area contributed by atoms with E-state index in [1.807, 2.05) is 12.3 Å².